The van der Waals surface area contributed by atoms with Crippen LogP contribution < -0.4 is 10.1 Å². The van der Waals surface area contributed by atoms with Gasteiger partial charge in [-0.2, -0.15) is 0 Å². The standard InChI is InChI=1S/C19H14F2N2O3S/c1-11(24)15-7-6-14(8-16(15)21)26-9-18(25)23-19-22-17(10-27-19)12-2-4-13(20)5-3-12/h2-8,10H,9H2,1H3,(H,22,23,25). The largest absolute Gasteiger partial charge is 0.484 e. The van der Waals surface area contributed by atoms with E-state index in [1.54, 1.807) is 17.5 Å². The maximum absolute atomic E-state index is 13.7. The Bertz CT molecular complexity index is 987. The van der Waals surface area contributed by atoms with Gasteiger partial charge >= 0.3 is 0 Å². The summed E-state index contributed by atoms with van der Waals surface area (Å²) in [4.78, 5) is 27.4. The van der Waals surface area contributed by atoms with E-state index in [0.717, 1.165) is 11.6 Å². The number of nitrogens with zero attached hydrogens (tertiary/aromatic N) is 1. The van der Waals surface area contributed by atoms with E-state index in [1.807, 2.05) is 0 Å². The normalized spacial score (nSPS) is 10.5. The van der Waals surface area contributed by atoms with E-state index in [9.17, 15) is 18.4 Å². The molecular formula is C19H14F2N2O3S. The number of hydrogen-bond donors (Lipinski definition) is 1. The Morgan fingerprint density at radius 1 is 1.15 bits per heavy atom. The average molecular weight is 388 g/mol. The minimum atomic E-state index is -0.704. The molecule has 5 nitrogen and oxygen atoms in total. The van der Waals surface area contributed by atoms with Gasteiger partial charge < -0.3 is 4.74 Å². The number of aromatic nitrogens is 1. The van der Waals surface area contributed by atoms with Gasteiger partial charge in [-0.1, -0.05) is 0 Å². The van der Waals surface area contributed by atoms with Crippen LogP contribution >= 0.6 is 11.3 Å². The molecule has 0 aliphatic heterocycles. The number of amides is 1. The van der Waals surface area contributed by atoms with Crippen LogP contribution in [-0.4, -0.2) is 23.3 Å². The van der Waals surface area contributed by atoms with Gasteiger partial charge in [-0.05, 0) is 43.3 Å². The van der Waals surface area contributed by atoms with Gasteiger partial charge in [0.05, 0.1) is 11.3 Å². The number of hydrogen-bond acceptors (Lipinski definition) is 5. The summed E-state index contributed by atoms with van der Waals surface area (Å²) in [7, 11) is 0. The molecule has 1 heterocycles. The van der Waals surface area contributed by atoms with Gasteiger partial charge in [-0.25, -0.2) is 13.8 Å². The van der Waals surface area contributed by atoms with E-state index in [2.05, 4.69) is 10.3 Å². The molecule has 0 unspecified atom stereocenters. The third kappa shape index (κ3) is 4.73. The predicted octanol–water partition coefficient (Wildman–Crippen LogP) is 4.31. The van der Waals surface area contributed by atoms with Gasteiger partial charge in [0, 0.05) is 17.0 Å². The number of nitrogens with one attached hydrogen (secondary N) is 1. The van der Waals surface area contributed by atoms with Crippen molar-refractivity contribution in [3.8, 4) is 17.0 Å². The fourth-order valence-corrected chi connectivity index (χ4v) is 3.00. The van der Waals surface area contributed by atoms with E-state index in [4.69, 9.17) is 4.74 Å². The Balaban J connectivity index is 1.58. The van der Waals surface area contributed by atoms with Crippen LogP contribution in [0.1, 0.15) is 17.3 Å². The number of carbonyl (C=O) groups excluding carboxylic acids is 2. The predicted molar refractivity (Wildman–Crippen MR) is 98.0 cm³/mol. The number of carbonyl (C=O) groups is 2. The highest BCUT2D eigenvalue weighted by Crippen LogP contribution is 2.25. The van der Waals surface area contributed by atoms with Crippen molar-refractivity contribution in [2.75, 3.05) is 11.9 Å². The Kier molecular flexibility index (Phi) is 5.56. The average Bonchev–Trinajstić information content (AvgIpc) is 3.08. The molecule has 138 valence electrons. The van der Waals surface area contributed by atoms with Crippen LogP contribution in [0.3, 0.4) is 0 Å². The molecule has 0 spiro atoms. The summed E-state index contributed by atoms with van der Waals surface area (Å²) in [6.07, 6.45) is 0. The highest BCUT2D eigenvalue weighted by molar-refractivity contribution is 7.14. The molecule has 0 fully saturated rings. The Morgan fingerprint density at radius 3 is 2.56 bits per heavy atom. The topological polar surface area (TPSA) is 68.3 Å². The first-order chi connectivity index (χ1) is 12.9. The first-order valence-electron chi connectivity index (χ1n) is 7.87. The van der Waals surface area contributed by atoms with Crippen LogP contribution in [0.5, 0.6) is 5.75 Å². The number of ketones is 1. The lowest BCUT2D eigenvalue weighted by Crippen LogP contribution is -2.20. The monoisotopic (exact) mass is 388 g/mol. The second-order valence-electron chi connectivity index (χ2n) is 5.58. The second kappa shape index (κ2) is 8.05. The molecule has 0 aliphatic rings. The Labute approximate surface area is 157 Å². The van der Waals surface area contributed by atoms with Gasteiger partial charge in [0.25, 0.3) is 5.91 Å². The number of thiazole rings is 1. The maximum atomic E-state index is 13.7. The minimum Gasteiger partial charge on any atom is -0.484 e. The summed E-state index contributed by atoms with van der Waals surface area (Å²) in [5.74, 6) is -1.76. The Hall–Kier alpha value is -3.13. The van der Waals surface area contributed by atoms with Crippen molar-refractivity contribution in [2.24, 2.45) is 0 Å². The molecule has 3 aromatic rings. The van der Waals surface area contributed by atoms with Crippen molar-refractivity contribution in [1.82, 2.24) is 4.98 Å². The number of ether oxygens (including phenoxy) is 1. The lowest BCUT2D eigenvalue weighted by molar-refractivity contribution is -0.118. The van der Waals surface area contributed by atoms with Gasteiger partial charge in [-0.15, -0.1) is 11.3 Å². The SMILES string of the molecule is CC(=O)c1ccc(OCC(=O)Nc2nc(-c3ccc(F)cc3)cs2)cc1F. The van der Waals surface area contributed by atoms with Crippen molar-refractivity contribution < 1.29 is 23.1 Å². The lowest BCUT2D eigenvalue weighted by atomic mass is 10.1. The lowest BCUT2D eigenvalue weighted by Gasteiger charge is -2.07. The molecule has 0 saturated heterocycles. The number of rotatable bonds is 6. The fraction of sp³-hybridized carbons (Fsp3) is 0.105. The highest BCUT2D eigenvalue weighted by Gasteiger charge is 2.11. The molecule has 0 aliphatic carbocycles. The van der Waals surface area contributed by atoms with Crippen LogP contribution in [0, 0.1) is 11.6 Å². The van der Waals surface area contributed by atoms with E-state index in [1.165, 1.54) is 42.5 Å². The zero-order chi connectivity index (χ0) is 19.4. The first-order valence-corrected chi connectivity index (χ1v) is 8.75. The number of halogens is 2. The molecule has 3 rings (SSSR count). The van der Waals surface area contributed by atoms with E-state index >= 15 is 0 Å². The second-order valence-corrected chi connectivity index (χ2v) is 6.44. The quantitative estimate of drug-likeness (QED) is 0.639. The molecular weight excluding hydrogens is 374 g/mol. The van der Waals surface area contributed by atoms with Crippen LogP contribution in [0.25, 0.3) is 11.3 Å². The molecule has 8 heteroatoms. The minimum absolute atomic E-state index is 0.0390. The first kappa shape index (κ1) is 18.7. The molecule has 0 saturated carbocycles. The summed E-state index contributed by atoms with van der Waals surface area (Å²) < 4.78 is 31.9. The molecule has 0 radical (unpaired) electrons. The van der Waals surface area contributed by atoms with Crippen molar-refractivity contribution in [2.45, 2.75) is 6.92 Å². The third-order valence-corrected chi connectivity index (χ3v) is 4.34. The van der Waals surface area contributed by atoms with Crippen molar-refractivity contribution in [3.05, 3.63) is 65.0 Å². The summed E-state index contributed by atoms with van der Waals surface area (Å²) in [6.45, 7) is 0.922. The van der Waals surface area contributed by atoms with E-state index in [0.29, 0.717) is 10.8 Å². The van der Waals surface area contributed by atoms with Gasteiger partial charge in [0.15, 0.2) is 17.5 Å². The molecule has 1 N–H and O–H groups in total. The molecule has 0 atom stereocenters. The van der Waals surface area contributed by atoms with Crippen LogP contribution in [0.4, 0.5) is 13.9 Å². The van der Waals surface area contributed by atoms with Gasteiger partial charge in [0.2, 0.25) is 0 Å². The molecule has 27 heavy (non-hydrogen) atoms. The molecule has 1 amide bonds. The van der Waals surface area contributed by atoms with Crippen LogP contribution in [0.15, 0.2) is 47.8 Å². The molecule has 0 bridgehead atoms. The number of Topliss-reactive ketones (excluding diaryl/α,β-unsaturated/α-hetero) is 1. The van der Waals surface area contributed by atoms with Crippen molar-refractivity contribution in [3.63, 3.8) is 0 Å². The summed E-state index contributed by atoms with van der Waals surface area (Å²) >= 11 is 1.22. The van der Waals surface area contributed by atoms with E-state index < -0.39 is 17.5 Å². The molecule has 2 aromatic carbocycles. The number of benzene rings is 2. The summed E-state index contributed by atoms with van der Waals surface area (Å²) in [5.41, 5.74) is 1.30. The Morgan fingerprint density at radius 2 is 1.89 bits per heavy atom. The zero-order valence-corrected chi connectivity index (χ0v) is 15.0. The number of anilines is 1. The molecule has 1 aromatic heterocycles. The van der Waals surface area contributed by atoms with Crippen LogP contribution in [-0.2, 0) is 4.79 Å². The third-order valence-electron chi connectivity index (χ3n) is 3.58. The summed E-state index contributed by atoms with van der Waals surface area (Å²) in [6, 6.07) is 9.63. The zero-order valence-electron chi connectivity index (χ0n) is 14.2. The maximum Gasteiger partial charge on any atom is 0.264 e. The summed E-state index contributed by atoms with van der Waals surface area (Å²) in [5, 5.41) is 4.68. The smallest absolute Gasteiger partial charge is 0.264 e. The highest BCUT2D eigenvalue weighted by atomic mass is 32.1. The fourth-order valence-electron chi connectivity index (χ4n) is 2.26. The van der Waals surface area contributed by atoms with Crippen molar-refractivity contribution >= 4 is 28.2 Å². The van der Waals surface area contributed by atoms with E-state index in [-0.39, 0.29) is 23.7 Å². The van der Waals surface area contributed by atoms with Crippen molar-refractivity contribution in [1.29, 1.82) is 0 Å². The van der Waals surface area contributed by atoms with Crippen LogP contribution in [0.2, 0.25) is 0 Å². The van der Waals surface area contributed by atoms with Gasteiger partial charge in [-0.3, -0.25) is 14.9 Å². The van der Waals surface area contributed by atoms with Gasteiger partial charge in [0.1, 0.15) is 17.4 Å².